The highest BCUT2D eigenvalue weighted by Crippen LogP contribution is 2.35. The van der Waals surface area contributed by atoms with Crippen molar-refractivity contribution >= 4 is 32.5 Å². The van der Waals surface area contributed by atoms with Crippen molar-refractivity contribution in [2.24, 2.45) is 0 Å². The van der Waals surface area contributed by atoms with Gasteiger partial charge in [-0.1, -0.05) is 22.0 Å². The van der Waals surface area contributed by atoms with E-state index in [-0.39, 0.29) is 0 Å². The molecule has 0 spiro atoms. The first kappa shape index (κ1) is 17.7. The van der Waals surface area contributed by atoms with Gasteiger partial charge in [0.1, 0.15) is 6.07 Å². The van der Waals surface area contributed by atoms with Crippen LogP contribution in [0.5, 0.6) is 0 Å². The first-order chi connectivity index (χ1) is 13.6. The van der Waals surface area contributed by atoms with Crippen LogP contribution in [-0.4, -0.2) is 35.1 Å². The molecule has 140 valence electrons. The molecular formula is C23H21BrN4. The van der Waals surface area contributed by atoms with Crippen LogP contribution in [0.1, 0.15) is 23.6 Å². The van der Waals surface area contributed by atoms with Gasteiger partial charge in [0.25, 0.3) is 0 Å². The lowest BCUT2D eigenvalue weighted by molar-refractivity contribution is 0.101. The molecule has 2 unspecified atom stereocenters. The summed E-state index contributed by atoms with van der Waals surface area (Å²) in [5.74, 6) is 0. The Hall–Kier alpha value is -2.42. The van der Waals surface area contributed by atoms with Crippen LogP contribution in [-0.2, 0) is 13.0 Å². The van der Waals surface area contributed by atoms with Gasteiger partial charge < -0.3 is 4.90 Å². The minimum Gasteiger partial charge on any atom is -0.368 e. The standard InChI is InChI=1S/C23H21BrN4/c1-15-12-27(22-7-5-16(11-25)23-21(22)3-2-8-26-23)14-20-10-18-9-19(24)6-4-17(18)13-28(15)20/h2-9,15,20H,10,12-14H2,1H3. The first-order valence-corrected chi connectivity index (χ1v) is 10.5. The van der Waals surface area contributed by atoms with E-state index in [4.69, 9.17) is 0 Å². The second-order valence-electron chi connectivity index (χ2n) is 7.84. The van der Waals surface area contributed by atoms with Gasteiger partial charge in [0, 0.05) is 53.5 Å². The Labute approximate surface area is 173 Å². The highest BCUT2D eigenvalue weighted by Gasteiger charge is 2.36. The van der Waals surface area contributed by atoms with Crippen LogP contribution >= 0.6 is 15.9 Å². The zero-order valence-corrected chi connectivity index (χ0v) is 17.4. The third-order valence-electron chi connectivity index (χ3n) is 6.14. The van der Waals surface area contributed by atoms with Gasteiger partial charge in [-0.15, -0.1) is 0 Å². The third kappa shape index (κ3) is 2.88. The van der Waals surface area contributed by atoms with Gasteiger partial charge in [-0.05, 0) is 60.9 Å². The van der Waals surface area contributed by atoms with E-state index < -0.39 is 0 Å². The van der Waals surface area contributed by atoms with Crippen molar-refractivity contribution < 1.29 is 0 Å². The van der Waals surface area contributed by atoms with Crippen molar-refractivity contribution in [3.8, 4) is 6.07 Å². The molecule has 0 N–H and O–H groups in total. The molecule has 1 fully saturated rings. The molecule has 0 aliphatic carbocycles. The Kier molecular flexibility index (Phi) is 4.34. The molecule has 0 radical (unpaired) electrons. The van der Waals surface area contributed by atoms with Gasteiger partial charge in [-0.25, -0.2) is 0 Å². The predicted molar refractivity (Wildman–Crippen MR) is 115 cm³/mol. The van der Waals surface area contributed by atoms with E-state index in [2.05, 4.69) is 74.0 Å². The second kappa shape index (κ2) is 6.88. The van der Waals surface area contributed by atoms with Gasteiger partial charge in [0.05, 0.1) is 11.1 Å². The van der Waals surface area contributed by atoms with Crippen molar-refractivity contribution in [3.63, 3.8) is 0 Å². The summed E-state index contributed by atoms with van der Waals surface area (Å²) in [5.41, 5.74) is 5.54. The predicted octanol–water partition coefficient (Wildman–Crippen LogP) is 4.50. The molecule has 5 heteroatoms. The summed E-state index contributed by atoms with van der Waals surface area (Å²) in [7, 11) is 0. The number of anilines is 1. The molecule has 0 amide bonds. The Balaban J connectivity index is 1.51. The lowest BCUT2D eigenvalue weighted by atomic mass is 9.90. The summed E-state index contributed by atoms with van der Waals surface area (Å²) in [6, 6.07) is 18.0. The fourth-order valence-electron chi connectivity index (χ4n) is 4.79. The average molecular weight is 433 g/mol. The average Bonchev–Trinajstić information content (AvgIpc) is 2.71. The Morgan fingerprint density at radius 1 is 1.14 bits per heavy atom. The van der Waals surface area contributed by atoms with E-state index >= 15 is 0 Å². The van der Waals surface area contributed by atoms with Gasteiger partial charge in [-0.3, -0.25) is 9.88 Å². The topological polar surface area (TPSA) is 43.2 Å². The monoisotopic (exact) mass is 432 g/mol. The smallest absolute Gasteiger partial charge is 0.101 e. The number of aromatic nitrogens is 1. The highest BCUT2D eigenvalue weighted by atomic mass is 79.9. The molecule has 0 saturated carbocycles. The van der Waals surface area contributed by atoms with Gasteiger partial charge >= 0.3 is 0 Å². The quantitative estimate of drug-likeness (QED) is 0.567. The summed E-state index contributed by atoms with van der Waals surface area (Å²) >= 11 is 3.62. The fraction of sp³-hybridized carbons (Fsp3) is 0.304. The van der Waals surface area contributed by atoms with Crippen LogP contribution in [0.25, 0.3) is 10.9 Å². The Morgan fingerprint density at radius 2 is 2.04 bits per heavy atom. The molecule has 2 aromatic carbocycles. The van der Waals surface area contributed by atoms with E-state index in [1.54, 1.807) is 6.20 Å². The van der Waals surface area contributed by atoms with Crippen LogP contribution < -0.4 is 4.90 Å². The van der Waals surface area contributed by atoms with Crippen molar-refractivity contribution in [1.29, 1.82) is 5.26 Å². The summed E-state index contributed by atoms with van der Waals surface area (Å²) in [5, 5.41) is 10.5. The molecule has 0 bridgehead atoms. The molecule has 2 aliphatic rings. The summed E-state index contributed by atoms with van der Waals surface area (Å²) in [4.78, 5) is 9.62. The number of hydrogen-bond donors (Lipinski definition) is 0. The SMILES string of the molecule is CC1CN(c2ccc(C#N)c3ncccc23)CC2Cc3cc(Br)ccc3CN12. The summed E-state index contributed by atoms with van der Waals surface area (Å²) in [6.07, 6.45) is 2.84. The molecule has 1 saturated heterocycles. The molecule has 3 heterocycles. The maximum absolute atomic E-state index is 9.43. The molecule has 3 aromatic rings. The first-order valence-electron chi connectivity index (χ1n) is 9.70. The fourth-order valence-corrected chi connectivity index (χ4v) is 5.20. The van der Waals surface area contributed by atoms with E-state index in [0.29, 0.717) is 17.6 Å². The van der Waals surface area contributed by atoms with Crippen LogP contribution in [0, 0.1) is 11.3 Å². The molecular weight excluding hydrogens is 412 g/mol. The highest BCUT2D eigenvalue weighted by molar-refractivity contribution is 9.10. The van der Waals surface area contributed by atoms with Gasteiger partial charge in [-0.2, -0.15) is 5.26 Å². The number of nitrogens with zero attached hydrogens (tertiary/aromatic N) is 4. The third-order valence-corrected chi connectivity index (χ3v) is 6.63. The van der Waals surface area contributed by atoms with Gasteiger partial charge in [0.15, 0.2) is 0 Å². The molecule has 4 nitrogen and oxygen atoms in total. The van der Waals surface area contributed by atoms with Crippen LogP contribution in [0.2, 0.25) is 0 Å². The zero-order chi connectivity index (χ0) is 19.3. The number of fused-ring (bicyclic) bond motifs is 3. The van der Waals surface area contributed by atoms with E-state index in [1.807, 2.05) is 12.1 Å². The lowest BCUT2D eigenvalue weighted by Crippen LogP contribution is -2.59. The molecule has 2 atom stereocenters. The molecule has 1 aromatic heterocycles. The van der Waals surface area contributed by atoms with Crippen molar-refractivity contribution in [2.75, 3.05) is 18.0 Å². The molecule has 5 rings (SSSR count). The number of hydrogen-bond acceptors (Lipinski definition) is 4. The maximum Gasteiger partial charge on any atom is 0.101 e. The second-order valence-corrected chi connectivity index (χ2v) is 8.76. The largest absolute Gasteiger partial charge is 0.368 e. The molecule has 28 heavy (non-hydrogen) atoms. The van der Waals surface area contributed by atoms with Crippen LogP contribution in [0.3, 0.4) is 0 Å². The van der Waals surface area contributed by atoms with Crippen molar-refractivity contribution in [3.05, 3.63) is 69.8 Å². The maximum atomic E-state index is 9.43. The minimum absolute atomic E-state index is 0.470. The number of rotatable bonds is 1. The number of piperazine rings is 1. The van der Waals surface area contributed by atoms with E-state index in [0.717, 1.165) is 41.4 Å². The number of benzene rings is 2. The zero-order valence-electron chi connectivity index (χ0n) is 15.8. The van der Waals surface area contributed by atoms with Crippen LogP contribution in [0.4, 0.5) is 5.69 Å². The van der Waals surface area contributed by atoms with E-state index in [9.17, 15) is 5.26 Å². The Morgan fingerprint density at radius 3 is 2.89 bits per heavy atom. The van der Waals surface area contributed by atoms with Crippen LogP contribution in [0.15, 0.2) is 53.1 Å². The number of pyridine rings is 1. The molecule has 2 aliphatic heterocycles. The van der Waals surface area contributed by atoms with Crippen molar-refractivity contribution in [1.82, 2.24) is 9.88 Å². The minimum atomic E-state index is 0.470. The van der Waals surface area contributed by atoms with Gasteiger partial charge in [0.2, 0.25) is 0 Å². The number of halogens is 1. The summed E-state index contributed by atoms with van der Waals surface area (Å²) < 4.78 is 1.16. The van der Waals surface area contributed by atoms with E-state index in [1.165, 1.54) is 16.8 Å². The summed E-state index contributed by atoms with van der Waals surface area (Å²) in [6.45, 7) is 5.33. The lowest BCUT2D eigenvalue weighted by Gasteiger charge is -2.49. The van der Waals surface area contributed by atoms with Crippen molar-refractivity contribution in [2.45, 2.75) is 32.0 Å². The normalized spacial score (nSPS) is 21.8. The Bertz CT molecular complexity index is 1100. The number of nitriles is 1.